The van der Waals surface area contributed by atoms with E-state index in [-0.39, 0.29) is 32.2 Å². The van der Waals surface area contributed by atoms with Crippen LogP contribution in [0.3, 0.4) is 0 Å². The zero-order valence-corrected chi connectivity index (χ0v) is 34.1. The van der Waals surface area contributed by atoms with Gasteiger partial charge in [-0.15, -0.1) is 0 Å². The third-order valence-corrected chi connectivity index (χ3v) is 11.5. The van der Waals surface area contributed by atoms with E-state index in [2.05, 4.69) is 26.3 Å². The molecule has 3 aromatic carbocycles. The Morgan fingerprint density at radius 1 is 0.700 bits per heavy atom. The molecule has 318 valence electrons. The molecule has 0 spiro atoms. The number of benzene rings is 3. The number of amides is 6. The molecule has 2 aliphatic rings. The summed E-state index contributed by atoms with van der Waals surface area (Å²) in [6, 6.07) is 18.6. The fourth-order valence-electron chi connectivity index (χ4n) is 8.17. The van der Waals surface area contributed by atoms with E-state index in [1.165, 1.54) is 23.8 Å². The second kappa shape index (κ2) is 20.3. The van der Waals surface area contributed by atoms with Crippen molar-refractivity contribution in [3.63, 3.8) is 0 Å². The third-order valence-electron chi connectivity index (χ3n) is 11.5. The Bertz CT molecular complexity index is 2130. The van der Waals surface area contributed by atoms with Crippen LogP contribution in [0.2, 0.25) is 0 Å². The maximum atomic E-state index is 14.8. The van der Waals surface area contributed by atoms with Crippen LogP contribution >= 0.6 is 0 Å². The summed E-state index contributed by atoms with van der Waals surface area (Å²) >= 11 is 0. The largest absolute Gasteiger partial charge is 0.391 e. The van der Waals surface area contributed by atoms with Gasteiger partial charge in [-0.25, -0.2) is 0 Å². The van der Waals surface area contributed by atoms with Crippen LogP contribution in [0.15, 0.2) is 91.1 Å². The molecule has 0 bridgehead atoms. The van der Waals surface area contributed by atoms with Gasteiger partial charge in [0.1, 0.15) is 36.3 Å². The van der Waals surface area contributed by atoms with E-state index in [9.17, 15) is 33.9 Å². The maximum absolute atomic E-state index is 14.8. The molecule has 2 saturated heterocycles. The van der Waals surface area contributed by atoms with Crippen molar-refractivity contribution in [3.05, 3.63) is 108 Å². The van der Waals surface area contributed by atoms with Gasteiger partial charge in [0.25, 0.3) is 0 Å². The van der Waals surface area contributed by atoms with Crippen LogP contribution in [-0.2, 0) is 48.0 Å². The van der Waals surface area contributed by atoms with E-state index in [1.807, 2.05) is 72.8 Å². The van der Waals surface area contributed by atoms with Crippen LogP contribution in [0.25, 0.3) is 10.9 Å². The smallest absolute Gasteiger partial charge is 0.246 e. The number of likely N-dealkylation sites (N-methyl/N-ethyl adjacent to an activating group) is 1. The molecule has 6 amide bonds. The molecule has 60 heavy (non-hydrogen) atoms. The number of hydrogen-bond acceptors (Lipinski definition) is 8. The number of aliphatic hydroxyl groups excluding tert-OH is 1. The van der Waals surface area contributed by atoms with Gasteiger partial charge < -0.3 is 46.9 Å². The van der Waals surface area contributed by atoms with Gasteiger partial charge in [0.05, 0.1) is 6.10 Å². The van der Waals surface area contributed by atoms with Crippen LogP contribution in [0, 0.1) is 0 Å². The molecular weight excluding hydrogens is 765 g/mol. The number of carbonyl (C=O) groups excluding carboxylic acids is 6. The molecule has 2 fully saturated rings. The summed E-state index contributed by atoms with van der Waals surface area (Å²) in [6.07, 6.45) is 2.51. The average molecular weight is 821 g/mol. The number of H-pyrrole nitrogens is 1. The summed E-state index contributed by atoms with van der Waals surface area (Å²) in [5.41, 5.74) is 8.87. The van der Waals surface area contributed by atoms with Crippen molar-refractivity contribution in [1.82, 2.24) is 36.1 Å². The molecule has 8 N–H and O–H groups in total. The summed E-state index contributed by atoms with van der Waals surface area (Å²) < 4.78 is 0. The van der Waals surface area contributed by atoms with Gasteiger partial charge in [-0.1, -0.05) is 78.9 Å². The first-order valence-corrected chi connectivity index (χ1v) is 20.7. The first kappa shape index (κ1) is 43.5. The van der Waals surface area contributed by atoms with Crippen molar-refractivity contribution in [2.45, 2.75) is 101 Å². The van der Waals surface area contributed by atoms with Gasteiger partial charge in [-0.3, -0.25) is 28.8 Å². The summed E-state index contributed by atoms with van der Waals surface area (Å²) in [4.78, 5) is 92.5. The standard InChI is InChI=1S/C45H56N8O7/c1-28(54)39-43(58)50-35(25-30-16-7-4-8-17-30)45(60)53-23-13-21-38(53)42(57)48-34(24-29-14-5-3-6-15-29)40(55)49-36(26-31-27-47-33-19-10-9-18-32(31)33)44(59)52(2)37(41(56)51-39)20-11-12-22-46/h3-10,14-19,27-28,34-39,47,54H,11-13,20-26,46H2,1-2H3,(H,48,57)(H,49,55)(H,50,58)(H,51,56)/t28-,34+,35+,36-,37+,38+,39+/m1/s1. The molecule has 15 heteroatoms. The van der Waals surface area contributed by atoms with Crippen LogP contribution < -0.4 is 27.0 Å². The lowest BCUT2D eigenvalue weighted by atomic mass is 9.99. The molecule has 1 aromatic heterocycles. The minimum atomic E-state index is -1.51. The normalized spacial score (nSPS) is 24.2. The van der Waals surface area contributed by atoms with Gasteiger partial charge in [0, 0.05) is 50.0 Å². The van der Waals surface area contributed by atoms with Gasteiger partial charge in [-0.05, 0) is 68.3 Å². The Morgan fingerprint density at radius 3 is 1.97 bits per heavy atom. The summed E-state index contributed by atoms with van der Waals surface area (Å²) in [5.74, 6) is -3.79. The summed E-state index contributed by atoms with van der Waals surface area (Å²) in [7, 11) is 1.46. The Labute approximate surface area is 349 Å². The highest BCUT2D eigenvalue weighted by Gasteiger charge is 2.42. The number of para-hydroxylation sites is 1. The summed E-state index contributed by atoms with van der Waals surface area (Å²) in [5, 5.41) is 23.1. The van der Waals surface area contributed by atoms with Gasteiger partial charge in [-0.2, -0.15) is 0 Å². The molecule has 0 unspecified atom stereocenters. The first-order chi connectivity index (χ1) is 28.9. The van der Waals surface area contributed by atoms with Crippen molar-refractivity contribution in [3.8, 4) is 0 Å². The number of nitrogens with one attached hydrogen (secondary N) is 5. The molecule has 0 radical (unpaired) electrons. The number of nitrogens with two attached hydrogens (primary N) is 1. The van der Waals surface area contributed by atoms with Crippen LogP contribution in [0.4, 0.5) is 0 Å². The first-order valence-electron chi connectivity index (χ1n) is 20.7. The highest BCUT2D eigenvalue weighted by atomic mass is 16.3. The quantitative estimate of drug-likeness (QED) is 0.110. The Morgan fingerprint density at radius 2 is 1.30 bits per heavy atom. The number of aromatic amines is 1. The topological polar surface area (TPSA) is 219 Å². The van der Waals surface area contributed by atoms with Crippen molar-refractivity contribution >= 4 is 46.3 Å². The zero-order valence-electron chi connectivity index (χ0n) is 34.1. The minimum Gasteiger partial charge on any atom is -0.391 e. The number of nitrogens with zero attached hydrogens (tertiary/aromatic N) is 2. The number of carbonyl (C=O) groups is 6. The van der Waals surface area contributed by atoms with E-state index >= 15 is 0 Å². The van der Waals surface area contributed by atoms with E-state index in [0.717, 1.165) is 27.6 Å². The highest BCUT2D eigenvalue weighted by molar-refractivity contribution is 5.99. The van der Waals surface area contributed by atoms with Gasteiger partial charge in [0.2, 0.25) is 35.4 Å². The lowest BCUT2D eigenvalue weighted by molar-refractivity contribution is -0.145. The molecular formula is C45H56N8O7. The fourth-order valence-corrected chi connectivity index (χ4v) is 8.17. The van der Waals surface area contributed by atoms with E-state index in [4.69, 9.17) is 5.73 Å². The Balaban J connectivity index is 1.42. The SMILES string of the molecule is C[C@@H](O)[C@@H]1NC(=O)[C@H](CCCCN)N(C)C(=O)[C@@H](Cc2c[nH]c3ccccc23)NC(=O)[C@H](Cc2ccccc2)NC(=O)[C@@H]2CCCN2C(=O)[C@H](Cc2ccccc2)NC1=O. The molecule has 15 nitrogen and oxygen atoms in total. The number of hydrogen-bond donors (Lipinski definition) is 7. The molecule has 6 rings (SSSR count). The van der Waals surface area contributed by atoms with Crippen LogP contribution in [0.5, 0.6) is 0 Å². The van der Waals surface area contributed by atoms with Crippen LogP contribution in [0.1, 0.15) is 55.7 Å². The molecule has 7 atom stereocenters. The lowest BCUT2D eigenvalue weighted by Gasteiger charge is -2.34. The Kier molecular flexibility index (Phi) is 14.7. The molecule has 2 aliphatic heterocycles. The van der Waals surface area contributed by atoms with Crippen molar-refractivity contribution < 1.29 is 33.9 Å². The van der Waals surface area contributed by atoms with E-state index in [1.54, 1.807) is 18.3 Å². The highest BCUT2D eigenvalue weighted by Crippen LogP contribution is 2.23. The number of rotatable bonds is 11. The van der Waals surface area contributed by atoms with E-state index in [0.29, 0.717) is 32.2 Å². The molecule has 4 aromatic rings. The number of aromatic nitrogens is 1. The van der Waals surface area contributed by atoms with Gasteiger partial charge in [0.15, 0.2) is 0 Å². The van der Waals surface area contributed by atoms with Crippen LogP contribution in [-0.4, -0.2) is 118 Å². The number of unbranched alkanes of at least 4 members (excludes halogenated alkanes) is 1. The number of fused-ring (bicyclic) bond motifs is 2. The average Bonchev–Trinajstić information content (AvgIpc) is 3.91. The van der Waals surface area contributed by atoms with Gasteiger partial charge >= 0.3 is 0 Å². The zero-order chi connectivity index (χ0) is 42.8. The molecule has 3 heterocycles. The third kappa shape index (κ3) is 10.6. The summed E-state index contributed by atoms with van der Waals surface area (Å²) in [6.45, 7) is 1.91. The molecule has 0 aliphatic carbocycles. The van der Waals surface area contributed by atoms with Crippen molar-refractivity contribution in [2.75, 3.05) is 20.1 Å². The predicted molar refractivity (Wildman–Crippen MR) is 226 cm³/mol. The molecule has 0 saturated carbocycles. The van der Waals surface area contributed by atoms with Crippen molar-refractivity contribution in [2.24, 2.45) is 5.73 Å². The predicted octanol–water partition coefficient (Wildman–Crippen LogP) is 1.48. The second-order valence-electron chi connectivity index (χ2n) is 15.8. The monoisotopic (exact) mass is 820 g/mol. The lowest BCUT2D eigenvalue weighted by Crippen LogP contribution is -2.63. The second-order valence-corrected chi connectivity index (χ2v) is 15.8. The minimum absolute atomic E-state index is 0.0362. The van der Waals surface area contributed by atoms with Crippen molar-refractivity contribution in [1.29, 1.82) is 0 Å². The Hall–Kier alpha value is -6.06. The maximum Gasteiger partial charge on any atom is 0.246 e. The fraction of sp³-hybridized carbons (Fsp3) is 0.422. The number of aliphatic hydroxyl groups is 1. The van der Waals surface area contributed by atoms with E-state index < -0.39 is 77.8 Å².